The number of halogens is 1. The van der Waals surface area contributed by atoms with Gasteiger partial charge in [0.05, 0.1) is 23.6 Å². The number of aryl methyl sites for hydroxylation is 1. The largest absolute Gasteiger partial charge is 0.358 e. The minimum Gasteiger partial charge on any atom is -0.358 e. The number of rotatable bonds is 5. The average Bonchev–Trinajstić information content (AvgIpc) is 3.29. The molecule has 3 aromatic heterocycles. The van der Waals surface area contributed by atoms with E-state index in [9.17, 15) is 9.18 Å². The molecule has 1 atom stereocenters. The van der Waals surface area contributed by atoms with Gasteiger partial charge in [-0.2, -0.15) is 0 Å². The van der Waals surface area contributed by atoms with Crippen molar-refractivity contribution in [3.8, 4) is 5.69 Å². The number of hydrogen-bond acceptors (Lipinski definition) is 6. The molecule has 0 saturated heterocycles. The van der Waals surface area contributed by atoms with Crippen LogP contribution in [0.1, 0.15) is 36.3 Å². The van der Waals surface area contributed by atoms with Gasteiger partial charge >= 0.3 is 0 Å². The molecule has 0 fully saturated rings. The van der Waals surface area contributed by atoms with Crippen molar-refractivity contribution in [2.75, 3.05) is 5.32 Å². The van der Waals surface area contributed by atoms with E-state index >= 15 is 0 Å². The molecule has 9 heteroatoms. The molecule has 0 amide bonds. The molecule has 0 aliphatic heterocycles. The van der Waals surface area contributed by atoms with Crippen LogP contribution >= 0.6 is 0 Å². The molecule has 33 heavy (non-hydrogen) atoms. The molecule has 0 aliphatic rings. The van der Waals surface area contributed by atoms with Crippen LogP contribution in [-0.2, 0) is 0 Å². The molecule has 0 unspecified atom stereocenters. The first-order valence-corrected chi connectivity index (χ1v) is 10.7. The average molecular weight is 443 g/mol. The second kappa shape index (κ2) is 8.09. The van der Waals surface area contributed by atoms with Crippen molar-refractivity contribution < 1.29 is 4.39 Å². The normalized spacial score (nSPS) is 12.4. The second-order valence-corrected chi connectivity index (χ2v) is 7.89. The summed E-state index contributed by atoms with van der Waals surface area (Å²) in [6, 6.07) is 9.80. The lowest BCUT2D eigenvalue weighted by molar-refractivity contribution is 0.629. The summed E-state index contributed by atoms with van der Waals surface area (Å²) in [7, 11) is 0. The first-order chi connectivity index (χ1) is 16.0. The van der Waals surface area contributed by atoms with Crippen molar-refractivity contribution in [3.05, 3.63) is 82.2 Å². The maximum absolute atomic E-state index is 14.7. The maximum atomic E-state index is 14.7. The van der Waals surface area contributed by atoms with Crippen LogP contribution in [-0.4, -0.2) is 29.5 Å². The molecule has 0 radical (unpaired) electrons. The predicted molar refractivity (Wildman–Crippen MR) is 125 cm³/mol. The molecule has 3 heterocycles. The van der Waals surface area contributed by atoms with Crippen LogP contribution in [0.15, 0.2) is 53.8 Å². The Hall–Kier alpha value is -4.14. The molecule has 0 saturated carbocycles. The zero-order chi connectivity index (χ0) is 23.1. The first kappa shape index (κ1) is 20.7. The zero-order valence-electron chi connectivity index (χ0n) is 18.4. The third-order valence-corrected chi connectivity index (χ3v) is 5.94. The number of fused-ring (bicyclic) bond motifs is 2. The molecule has 5 rings (SSSR count). The van der Waals surface area contributed by atoms with Crippen LogP contribution in [0.2, 0.25) is 0 Å². The summed E-state index contributed by atoms with van der Waals surface area (Å²) >= 11 is 0. The van der Waals surface area contributed by atoms with Gasteiger partial charge in [0.2, 0.25) is 0 Å². The smallest absolute Gasteiger partial charge is 0.269 e. The summed E-state index contributed by atoms with van der Waals surface area (Å²) in [6.45, 7) is 5.90. The Balaban J connectivity index is 1.78. The summed E-state index contributed by atoms with van der Waals surface area (Å²) in [5.74, 6) is 0.399. The van der Waals surface area contributed by atoms with Gasteiger partial charge in [-0.15, -0.1) is 0 Å². The lowest BCUT2D eigenvalue weighted by atomic mass is 10.1. The molecule has 0 bridgehead atoms. The van der Waals surface area contributed by atoms with Gasteiger partial charge in [0.1, 0.15) is 28.9 Å². The van der Waals surface area contributed by atoms with E-state index in [2.05, 4.69) is 25.3 Å². The monoisotopic (exact) mass is 443 g/mol. The van der Waals surface area contributed by atoms with E-state index in [-0.39, 0.29) is 5.39 Å². The standard InChI is InChI=1S/C24H22FN7O/c1-4-16(30-22-20-21(27-11-26-20)28-12-29-22)23-31-17-9-6-8-15(25)19(17)24(33)32(23)18-10-5-7-13(2)14(18)3/h5-12,16H,4H2,1-3H3,(H2,26,27,28,29,30)/t16-/m0/s1. The van der Waals surface area contributed by atoms with E-state index < -0.39 is 17.4 Å². The van der Waals surface area contributed by atoms with Gasteiger partial charge in [-0.1, -0.05) is 25.1 Å². The number of aromatic amines is 1. The van der Waals surface area contributed by atoms with Gasteiger partial charge in [-0.25, -0.2) is 24.3 Å². The number of imidazole rings is 1. The number of benzene rings is 2. The molecular weight excluding hydrogens is 421 g/mol. The molecule has 2 aromatic carbocycles. The summed E-state index contributed by atoms with van der Waals surface area (Å²) < 4.78 is 16.2. The van der Waals surface area contributed by atoms with E-state index in [1.807, 2.05) is 39.0 Å². The van der Waals surface area contributed by atoms with Gasteiger partial charge in [-0.05, 0) is 49.6 Å². The highest BCUT2D eigenvalue weighted by Gasteiger charge is 2.24. The first-order valence-electron chi connectivity index (χ1n) is 10.7. The van der Waals surface area contributed by atoms with Crippen molar-refractivity contribution in [3.63, 3.8) is 0 Å². The van der Waals surface area contributed by atoms with Gasteiger partial charge in [0.15, 0.2) is 11.5 Å². The van der Waals surface area contributed by atoms with Crippen molar-refractivity contribution in [2.24, 2.45) is 0 Å². The molecular formula is C24H22FN7O. The fraction of sp³-hybridized carbons (Fsp3) is 0.208. The van der Waals surface area contributed by atoms with E-state index in [4.69, 9.17) is 4.98 Å². The number of H-pyrrole nitrogens is 1. The van der Waals surface area contributed by atoms with Gasteiger partial charge in [-0.3, -0.25) is 9.36 Å². The number of hydrogen-bond donors (Lipinski definition) is 2. The molecule has 2 N–H and O–H groups in total. The third kappa shape index (κ3) is 3.42. The minimum absolute atomic E-state index is 0.0336. The Kier molecular flexibility index (Phi) is 5.08. The summed E-state index contributed by atoms with van der Waals surface area (Å²) in [5.41, 5.74) is 3.66. The second-order valence-electron chi connectivity index (χ2n) is 7.89. The minimum atomic E-state index is -0.592. The Labute approximate surface area is 188 Å². The summed E-state index contributed by atoms with van der Waals surface area (Å²) in [6.07, 6.45) is 3.58. The van der Waals surface area contributed by atoms with Crippen LogP contribution in [0.25, 0.3) is 27.8 Å². The van der Waals surface area contributed by atoms with E-state index in [0.717, 1.165) is 11.1 Å². The van der Waals surface area contributed by atoms with Crippen LogP contribution in [0.4, 0.5) is 10.2 Å². The predicted octanol–water partition coefficient (Wildman–Crippen LogP) is 4.37. The van der Waals surface area contributed by atoms with E-state index in [1.54, 1.807) is 18.5 Å². The van der Waals surface area contributed by atoms with Gasteiger partial charge in [0, 0.05) is 0 Å². The fourth-order valence-electron chi connectivity index (χ4n) is 4.04. The molecule has 0 aliphatic carbocycles. The maximum Gasteiger partial charge on any atom is 0.269 e. The highest BCUT2D eigenvalue weighted by atomic mass is 19.1. The number of aromatic nitrogens is 6. The molecule has 166 valence electrons. The summed E-state index contributed by atoms with van der Waals surface area (Å²) in [5, 5.41) is 3.34. The highest BCUT2D eigenvalue weighted by Crippen LogP contribution is 2.28. The van der Waals surface area contributed by atoms with Crippen molar-refractivity contribution >= 4 is 27.9 Å². The molecule has 8 nitrogen and oxygen atoms in total. The quantitative estimate of drug-likeness (QED) is 0.418. The van der Waals surface area contributed by atoms with Crippen LogP contribution in [0.5, 0.6) is 0 Å². The van der Waals surface area contributed by atoms with Gasteiger partial charge < -0.3 is 10.3 Å². The van der Waals surface area contributed by atoms with E-state index in [0.29, 0.717) is 40.4 Å². The number of nitrogens with zero attached hydrogens (tertiary/aromatic N) is 5. The fourth-order valence-corrected chi connectivity index (χ4v) is 4.04. The van der Waals surface area contributed by atoms with Crippen LogP contribution in [0.3, 0.4) is 0 Å². The Morgan fingerprint density at radius 3 is 2.76 bits per heavy atom. The Morgan fingerprint density at radius 2 is 1.94 bits per heavy atom. The highest BCUT2D eigenvalue weighted by molar-refractivity contribution is 5.82. The number of anilines is 1. The molecule has 0 spiro atoms. The lowest BCUT2D eigenvalue weighted by Crippen LogP contribution is -2.29. The zero-order valence-corrected chi connectivity index (χ0v) is 18.4. The SMILES string of the molecule is CC[C@H](Nc1ncnc2[nH]cnc12)c1nc2cccc(F)c2c(=O)n1-c1cccc(C)c1C. The Morgan fingerprint density at radius 1 is 1.12 bits per heavy atom. The van der Waals surface area contributed by atoms with E-state index in [1.165, 1.54) is 17.0 Å². The topological polar surface area (TPSA) is 101 Å². The third-order valence-electron chi connectivity index (χ3n) is 5.94. The summed E-state index contributed by atoms with van der Waals surface area (Å²) in [4.78, 5) is 34.3. The Bertz CT molecular complexity index is 1560. The number of nitrogens with one attached hydrogen (secondary N) is 2. The van der Waals surface area contributed by atoms with Crippen molar-refractivity contribution in [2.45, 2.75) is 33.2 Å². The van der Waals surface area contributed by atoms with Gasteiger partial charge in [0.25, 0.3) is 5.56 Å². The lowest BCUT2D eigenvalue weighted by Gasteiger charge is -2.23. The van der Waals surface area contributed by atoms with Crippen LogP contribution in [0, 0.1) is 19.7 Å². The van der Waals surface area contributed by atoms with Crippen LogP contribution < -0.4 is 10.9 Å². The molecule has 5 aromatic rings. The van der Waals surface area contributed by atoms with Crippen molar-refractivity contribution in [1.29, 1.82) is 0 Å². The van der Waals surface area contributed by atoms with Crippen molar-refractivity contribution in [1.82, 2.24) is 29.5 Å².